The Labute approximate surface area is 128 Å². The van der Waals surface area contributed by atoms with Crippen molar-refractivity contribution >= 4 is 6.09 Å². The van der Waals surface area contributed by atoms with E-state index in [1.54, 1.807) is 12.0 Å². The molecule has 21 heavy (non-hydrogen) atoms. The number of hydrogen-bond acceptors (Lipinski definition) is 3. The zero-order valence-electron chi connectivity index (χ0n) is 13.8. The molecule has 0 atom stereocenters. The molecule has 1 amide bonds. The summed E-state index contributed by atoms with van der Waals surface area (Å²) in [4.78, 5) is 13.8. The average Bonchev–Trinajstić information content (AvgIpc) is 2.43. The van der Waals surface area contributed by atoms with Crippen LogP contribution in [0.1, 0.15) is 39.7 Å². The minimum Gasteiger partial charge on any atom is -0.497 e. The highest BCUT2D eigenvalue weighted by molar-refractivity contribution is 5.68. The summed E-state index contributed by atoms with van der Waals surface area (Å²) in [5, 5.41) is 0. The van der Waals surface area contributed by atoms with Crippen LogP contribution in [0, 0.1) is 0 Å². The van der Waals surface area contributed by atoms with Crippen molar-refractivity contribution in [2.24, 2.45) is 0 Å². The maximum atomic E-state index is 12.0. The molecule has 118 valence electrons. The van der Waals surface area contributed by atoms with Crippen molar-refractivity contribution in [2.45, 2.75) is 52.6 Å². The second-order valence-corrected chi connectivity index (χ2v) is 5.66. The van der Waals surface area contributed by atoms with E-state index in [0.717, 1.165) is 18.6 Å². The molecule has 1 aromatic carbocycles. The minimum atomic E-state index is -0.227. The van der Waals surface area contributed by atoms with Crippen LogP contribution in [0.25, 0.3) is 0 Å². The number of ether oxygens (including phenoxy) is 2. The van der Waals surface area contributed by atoms with Gasteiger partial charge in [0.25, 0.3) is 0 Å². The van der Waals surface area contributed by atoms with Gasteiger partial charge in [-0.15, -0.1) is 0 Å². The van der Waals surface area contributed by atoms with Crippen molar-refractivity contribution in [3.05, 3.63) is 29.8 Å². The lowest BCUT2D eigenvalue weighted by atomic mass is 10.1. The average molecular weight is 293 g/mol. The fraction of sp³-hybridized carbons (Fsp3) is 0.588. The Morgan fingerprint density at radius 3 is 2.14 bits per heavy atom. The Bertz CT molecular complexity index is 418. The Hall–Kier alpha value is -1.71. The van der Waals surface area contributed by atoms with Crippen LogP contribution in [0.4, 0.5) is 4.79 Å². The summed E-state index contributed by atoms with van der Waals surface area (Å²) < 4.78 is 10.5. The SMILES string of the molecule is COc1ccc(CCCOC(=O)N(C(C)C)C(C)C)cc1. The molecular weight excluding hydrogens is 266 g/mol. The van der Waals surface area contributed by atoms with Gasteiger partial charge in [-0.3, -0.25) is 0 Å². The predicted octanol–water partition coefficient (Wildman–Crippen LogP) is 3.88. The van der Waals surface area contributed by atoms with Gasteiger partial charge in [0.05, 0.1) is 13.7 Å². The first-order chi connectivity index (χ1) is 9.95. The largest absolute Gasteiger partial charge is 0.497 e. The smallest absolute Gasteiger partial charge is 0.410 e. The van der Waals surface area contributed by atoms with Gasteiger partial charge < -0.3 is 14.4 Å². The first-order valence-electron chi connectivity index (χ1n) is 7.53. The number of hydrogen-bond donors (Lipinski definition) is 0. The molecule has 0 fully saturated rings. The lowest BCUT2D eigenvalue weighted by molar-refractivity contribution is 0.0784. The van der Waals surface area contributed by atoms with Crippen LogP contribution < -0.4 is 4.74 Å². The van der Waals surface area contributed by atoms with E-state index in [-0.39, 0.29) is 18.2 Å². The fourth-order valence-corrected chi connectivity index (χ4v) is 2.32. The van der Waals surface area contributed by atoms with Gasteiger partial charge in [-0.1, -0.05) is 12.1 Å². The van der Waals surface area contributed by atoms with Gasteiger partial charge >= 0.3 is 6.09 Å². The van der Waals surface area contributed by atoms with E-state index < -0.39 is 0 Å². The molecule has 0 heterocycles. The van der Waals surface area contributed by atoms with Crippen molar-refractivity contribution in [1.29, 1.82) is 0 Å². The van der Waals surface area contributed by atoms with Crippen molar-refractivity contribution < 1.29 is 14.3 Å². The fourth-order valence-electron chi connectivity index (χ4n) is 2.32. The van der Waals surface area contributed by atoms with Crippen LogP contribution in [0.3, 0.4) is 0 Å². The number of carbonyl (C=O) groups excluding carboxylic acids is 1. The standard InChI is InChI=1S/C17H27NO3/c1-13(2)18(14(3)4)17(19)21-12-6-7-15-8-10-16(20-5)11-9-15/h8-11,13-14H,6-7,12H2,1-5H3. The molecule has 0 saturated heterocycles. The Morgan fingerprint density at radius 2 is 1.67 bits per heavy atom. The van der Waals surface area contributed by atoms with Gasteiger partial charge in [0, 0.05) is 12.1 Å². The molecule has 0 aromatic heterocycles. The topological polar surface area (TPSA) is 38.8 Å². The maximum absolute atomic E-state index is 12.0. The Morgan fingerprint density at radius 1 is 1.10 bits per heavy atom. The second-order valence-electron chi connectivity index (χ2n) is 5.66. The number of benzene rings is 1. The third kappa shape index (κ3) is 5.66. The van der Waals surface area contributed by atoms with E-state index >= 15 is 0 Å². The van der Waals surface area contributed by atoms with Gasteiger partial charge in [0.2, 0.25) is 0 Å². The Balaban J connectivity index is 2.34. The monoisotopic (exact) mass is 293 g/mol. The summed E-state index contributed by atoms with van der Waals surface area (Å²) in [5.74, 6) is 0.856. The van der Waals surface area contributed by atoms with Crippen LogP contribution in [0.15, 0.2) is 24.3 Å². The molecule has 1 rings (SSSR count). The highest BCUT2D eigenvalue weighted by Gasteiger charge is 2.20. The van der Waals surface area contributed by atoms with E-state index in [4.69, 9.17) is 9.47 Å². The third-order valence-corrected chi connectivity index (χ3v) is 3.32. The van der Waals surface area contributed by atoms with Crippen molar-refractivity contribution in [2.75, 3.05) is 13.7 Å². The van der Waals surface area contributed by atoms with Crippen LogP contribution in [-0.4, -0.2) is 36.8 Å². The number of methoxy groups -OCH3 is 1. The first-order valence-corrected chi connectivity index (χ1v) is 7.53. The molecule has 0 N–H and O–H groups in total. The molecule has 0 aliphatic rings. The molecule has 0 saturated carbocycles. The van der Waals surface area contributed by atoms with Crippen molar-refractivity contribution in [1.82, 2.24) is 4.90 Å². The number of aryl methyl sites for hydroxylation is 1. The molecule has 0 radical (unpaired) electrons. The van der Waals surface area contributed by atoms with E-state index in [9.17, 15) is 4.79 Å². The normalized spacial score (nSPS) is 10.8. The molecule has 4 heteroatoms. The first kappa shape index (κ1) is 17.3. The molecule has 0 aliphatic carbocycles. The quantitative estimate of drug-likeness (QED) is 0.716. The van der Waals surface area contributed by atoms with Crippen molar-refractivity contribution in [3.8, 4) is 5.75 Å². The molecular formula is C17H27NO3. The molecule has 0 bridgehead atoms. The number of rotatable bonds is 7. The zero-order valence-corrected chi connectivity index (χ0v) is 13.8. The maximum Gasteiger partial charge on any atom is 0.410 e. The lowest BCUT2D eigenvalue weighted by Crippen LogP contribution is -2.42. The molecule has 0 aliphatic heterocycles. The summed E-state index contributed by atoms with van der Waals surface area (Å²) >= 11 is 0. The summed E-state index contributed by atoms with van der Waals surface area (Å²) in [6.07, 6.45) is 1.48. The minimum absolute atomic E-state index is 0.152. The van der Waals surface area contributed by atoms with Crippen LogP contribution in [0.5, 0.6) is 5.75 Å². The van der Waals surface area contributed by atoms with Gasteiger partial charge in [-0.25, -0.2) is 4.79 Å². The Kier molecular flexibility index (Phi) is 7.06. The summed E-state index contributed by atoms with van der Waals surface area (Å²) in [5.41, 5.74) is 1.22. The second kappa shape index (κ2) is 8.55. The number of nitrogens with zero attached hydrogens (tertiary/aromatic N) is 1. The van der Waals surface area contributed by atoms with Crippen LogP contribution in [0.2, 0.25) is 0 Å². The van der Waals surface area contributed by atoms with Gasteiger partial charge in [0.1, 0.15) is 5.75 Å². The molecule has 1 aromatic rings. The highest BCUT2D eigenvalue weighted by Crippen LogP contribution is 2.13. The molecule has 4 nitrogen and oxygen atoms in total. The predicted molar refractivity (Wildman–Crippen MR) is 84.8 cm³/mol. The highest BCUT2D eigenvalue weighted by atomic mass is 16.6. The van der Waals surface area contributed by atoms with Gasteiger partial charge in [-0.2, -0.15) is 0 Å². The molecule has 0 spiro atoms. The summed E-state index contributed by atoms with van der Waals surface area (Å²) in [6.45, 7) is 8.44. The number of amides is 1. The van der Waals surface area contributed by atoms with Crippen molar-refractivity contribution in [3.63, 3.8) is 0 Å². The van der Waals surface area contributed by atoms with Crippen LogP contribution in [-0.2, 0) is 11.2 Å². The zero-order chi connectivity index (χ0) is 15.8. The van der Waals surface area contributed by atoms with E-state index in [2.05, 4.69) is 0 Å². The van der Waals surface area contributed by atoms with Gasteiger partial charge in [-0.05, 0) is 58.2 Å². The van der Waals surface area contributed by atoms with Gasteiger partial charge in [0.15, 0.2) is 0 Å². The number of carbonyl (C=O) groups is 1. The van der Waals surface area contributed by atoms with Crippen LogP contribution >= 0.6 is 0 Å². The summed E-state index contributed by atoms with van der Waals surface area (Å²) in [7, 11) is 1.66. The third-order valence-electron chi connectivity index (χ3n) is 3.32. The van der Waals surface area contributed by atoms with E-state index in [0.29, 0.717) is 6.61 Å². The lowest BCUT2D eigenvalue weighted by Gasteiger charge is -2.29. The van der Waals surface area contributed by atoms with E-state index in [1.165, 1.54) is 5.56 Å². The molecule has 0 unspecified atom stereocenters. The van der Waals surface area contributed by atoms with E-state index in [1.807, 2.05) is 52.0 Å². The summed E-state index contributed by atoms with van der Waals surface area (Å²) in [6, 6.07) is 8.27.